The van der Waals surface area contributed by atoms with Crippen LogP contribution in [0.2, 0.25) is 0 Å². The smallest absolute Gasteiger partial charge is 0.253 e. The molecule has 1 aliphatic rings. The Morgan fingerprint density at radius 3 is 2.30 bits per heavy atom. The fraction of sp³-hybridized carbons (Fsp3) is 0.440. The number of rotatable bonds is 7. The van der Waals surface area contributed by atoms with E-state index in [4.69, 9.17) is 0 Å². The van der Waals surface area contributed by atoms with Crippen molar-refractivity contribution in [3.8, 4) is 0 Å². The van der Waals surface area contributed by atoms with Gasteiger partial charge in [0.2, 0.25) is 5.91 Å². The highest BCUT2D eigenvalue weighted by molar-refractivity contribution is 5.95. The molecule has 3 rings (SSSR count). The molecule has 2 aromatic rings. The van der Waals surface area contributed by atoms with Crippen molar-refractivity contribution in [3.63, 3.8) is 0 Å². The Bertz CT molecular complexity index is 840. The van der Waals surface area contributed by atoms with Crippen LogP contribution in [0.5, 0.6) is 0 Å². The second-order valence-electron chi connectivity index (χ2n) is 8.32. The van der Waals surface area contributed by atoms with E-state index in [0.29, 0.717) is 25.1 Å². The van der Waals surface area contributed by atoms with E-state index >= 15 is 0 Å². The van der Waals surface area contributed by atoms with Crippen LogP contribution in [0.4, 0.5) is 0 Å². The average Bonchev–Trinajstić information content (AvgIpc) is 2.76. The number of nitrogens with one attached hydrogen (secondary N) is 1. The zero-order valence-electron chi connectivity index (χ0n) is 18.4. The largest absolute Gasteiger partial charge is 0.340 e. The summed E-state index contributed by atoms with van der Waals surface area (Å²) in [5, 5.41) is 3.27. The van der Waals surface area contributed by atoms with Crippen LogP contribution >= 0.6 is 0 Å². The molecule has 160 valence electrons. The van der Waals surface area contributed by atoms with Crippen molar-refractivity contribution in [2.24, 2.45) is 0 Å². The lowest BCUT2D eigenvalue weighted by molar-refractivity contribution is -0.131. The van der Waals surface area contributed by atoms with Crippen molar-refractivity contribution in [3.05, 3.63) is 70.8 Å². The molecule has 2 amide bonds. The number of nitrogens with zero attached hydrogens (tertiary/aromatic N) is 2. The van der Waals surface area contributed by atoms with Gasteiger partial charge in [0.05, 0.1) is 0 Å². The third-order valence-electron chi connectivity index (χ3n) is 5.68. The molecule has 30 heavy (non-hydrogen) atoms. The first-order valence-corrected chi connectivity index (χ1v) is 10.8. The van der Waals surface area contributed by atoms with Gasteiger partial charge >= 0.3 is 0 Å². The van der Waals surface area contributed by atoms with Gasteiger partial charge in [-0.3, -0.25) is 9.59 Å². The molecule has 1 saturated heterocycles. The lowest BCUT2D eigenvalue weighted by Crippen LogP contribution is -2.47. The van der Waals surface area contributed by atoms with Crippen LogP contribution in [0.1, 0.15) is 46.3 Å². The average molecular weight is 408 g/mol. The number of carbonyl (C=O) groups is 2. The molecule has 2 aromatic carbocycles. The quantitative estimate of drug-likeness (QED) is 0.766. The predicted octanol–water partition coefficient (Wildman–Crippen LogP) is 3.37. The summed E-state index contributed by atoms with van der Waals surface area (Å²) in [7, 11) is 0. The maximum Gasteiger partial charge on any atom is 0.253 e. The molecule has 0 aromatic heterocycles. The lowest BCUT2D eigenvalue weighted by Gasteiger charge is -2.30. The van der Waals surface area contributed by atoms with Gasteiger partial charge in [-0.25, -0.2) is 0 Å². The van der Waals surface area contributed by atoms with Crippen molar-refractivity contribution < 1.29 is 9.59 Å². The van der Waals surface area contributed by atoms with Crippen LogP contribution in [0.25, 0.3) is 0 Å². The highest BCUT2D eigenvalue weighted by Crippen LogP contribution is 2.19. The van der Waals surface area contributed by atoms with E-state index in [-0.39, 0.29) is 17.7 Å². The van der Waals surface area contributed by atoms with Crippen molar-refractivity contribution in [2.75, 3.05) is 39.3 Å². The summed E-state index contributed by atoms with van der Waals surface area (Å²) < 4.78 is 0. The van der Waals surface area contributed by atoms with E-state index in [9.17, 15) is 9.59 Å². The summed E-state index contributed by atoms with van der Waals surface area (Å²) in [6.07, 6.45) is 0.359. The van der Waals surface area contributed by atoms with Gasteiger partial charge in [0.25, 0.3) is 5.91 Å². The van der Waals surface area contributed by atoms with Gasteiger partial charge in [0.1, 0.15) is 0 Å². The standard InChI is InChI=1S/C25H33N3O2/c1-19-15-20(2)17-23(16-19)25(30)28(18-21(3)22-7-5-4-6-8-22)12-9-24(29)27-13-10-26-11-14-27/h4-8,15-17,21,26H,9-14,18H2,1-3H3/t21-/m1/s1. The van der Waals surface area contributed by atoms with E-state index in [2.05, 4.69) is 30.4 Å². The molecule has 0 saturated carbocycles. The zero-order valence-corrected chi connectivity index (χ0v) is 18.4. The molecule has 0 unspecified atom stereocenters. The van der Waals surface area contributed by atoms with Crippen LogP contribution < -0.4 is 5.32 Å². The highest BCUT2D eigenvalue weighted by atomic mass is 16.2. The summed E-state index contributed by atoms with van der Waals surface area (Å²) in [6, 6.07) is 16.2. The molecule has 5 nitrogen and oxygen atoms in total. The Morgan fingerprint density at radius 1 is 1.03 bits per heavy atom. The molecule has 0 radical (unpaired) electrons. The third-order valence-corrected chi connectivity index (χ3v) is 5.68. The van der Waals surface area contributed by atoms with Gasteiger partial charge < -0.3 is 15.1 Å². The van der Waals surface area contributed by atoms with E-state index < -0.39 is 0 Å². The summed E-state index contributed by atoms with van der Waals surface area (Å²) >= 11 is 0. The first-order valence-electron chi connectivity index (χ1n) is 10.8. The molecule has 5 heteroatoms. The lowest BCUT2D eigenvalue weighted by atomic mass is 9.99. The number of hydrogen-bond donors (Lipinski definition) is 1. The normalized spacial score (nSPS) is 15.0. The first-order chi connectivity index (χ1) is 14.4. The van der Waals surface area contributed by atoms with E-state index in [1.165, 1.54) is 5.56 Å². The summed E-state index contributed by atoms with van der Waals surface area (Å²) in [4.78, 5) is 29.8. The van der Waals surface area contributed by atoms with Crippen LogP contribution in [0.15, 0.2) is 48.5 Å². The van der Waals surface area contributed by atoms with Crippen molar-refractivity contribution in [2.45, 2.75) is 33.1 Å². The molecule has 1 heterocycles. The molecule has 1 fully saturated rings. The Hall–Kier alpha value is -2.66. The number of piperazine rings is 1. The fourth-order valence-corrected chi connectivity index (χ4v) is 4.08. The molecule has 0 bridgehead atoms. The van der Waals surface area contributed by atoms with Crippen molar-refractivity contribution >= 4 is 11.8 Å². The van der Waals surface area contributed by atoms with E-state index in [1.54, 1.807) is 0 Å². The van der Waals surface area contributed by atoms with Crippen LogP contribution in [-0.4, -0.2) is 60.9 Å². The zero-order chi connectivity index (χ0) is 21.5. The predicted molar refractivity (Wildman–Crippen MR) is 121 cm³/mol. The van der Waals surface area contributed by atoms with E-state index in [0.717, 1.165) is 37.3 Å². The molecule has 1 aliphatic heterocycles. The maximum absolute atomic E-state index is 13.4. The molecule has 1 atom stereocenters. The molecular formula is C25H33N3O2. The molecule has 1 N–H and O–H groups in total. The Labute approximate surface area is 180 Å². The van der Waals surface area contributed by atoms with Crippen LogP contribution in [0.3, 0.4) is 0 Å². The maximum atomic E-state index is 13.4. The minimum absolute atomic E-state index is 0.00214. The van der Waals surface area contributed by atoms with Gasteiger partial charge in [-0.15, -0.1) is 0 Å². The van der Waals surface area contributed by atoms with E-state index in [1.807, 2.05) is 54.0 Å². The topological polar surface area (TPSA) is 52.7 Å². The van der Waals surface area contributed by atoms with Crippen molar-refractivity contribution in [1.29, 1.82) is 0 Å². The van der Waals surface area contributed by atoms with Crippen molar-refractivity contribution in [1.82, 2.24) is 15.1 Å². The number of hydrogen-bond acceptors (Lipinski definition) is 3. The molecular weight excluding hydrogens is 374 g/mol. The first kappa shape index (κ1) is 22.0. The third kappa shape index (κ3) is 5.92. The number of benzene rings is 2. The minimum Gasteiger partial charge on any atom is -0.340 e. The second-order valence-corrected chi connectivity index (χ2v) is 8.32. The fourth-order valence-electron chi connectivity index (χ4n) is 4.08. The Morgan fingerprint density at radius 2 is 1.67 bits per heavy atom. The highest BCUT2D eigenvalue weighted by Gasteiger charge is 2.22. The van der Waals surface area contributed by atoms with Gasteiger partial charge in [-0.05, 0) is 37.5 Å². The van der Waals surface area contributed by atoms with Gasteiger partial charge in [-0.2, -0.15) is 0 Å². The summed E-state index contributed by atoms with van der Waals surface area (Å²) in [5.41, 5.74) is 4.05. The monoisotopic (exact) mass is 407 g/mol. The summed E-state index contributed by atoms with van der Waals surface area (Å²) in [6.45, 7) is 10.3. The van der Waals surface area contributed by atoms with Gasteiger partial charge in [0, 0.05) is 51.3 Å². The summed E-state index contributed by atoms with van der Waals surface area (Å²) in [5.74, 6) is 0.315. The van der Waals surface area contributed by atoms with Crippen LogP contribution in [-0.2, 0) is 4.79 Å². The minimum atomic E-state index is -0.00214. The second kappa shape index (κ2) is 10.4. The molecule has 0 aliphatic carbocycles. The Balaban J connectivity index is 1.74. The SMILES string of the molecule is Cc1cc(C)cc(C(=O)N(CCC(=O)N2CCNCC2)C[C@@H](C)c2ccccc2)c1. The van der Waals surface area contributed by atoms with Crippen LogP contribution in [0, 0.1) is 13.8 Å². The number of aryl methyl sites for hydroxylation is 2. The number of carbonyl (C=O) groups excluding carboxylic acids is 2. The van der Waals surface area contributed by atoms with Gasteiger partial charge in [0.15, 0.2) is 0 Å². The number of amides is 2. The van der Waals surface area contributed by atoms with Gasteiger partial charge in [-0.1, -0.05) is 54.4 Å². The molecule has 0 spiro atoms. The Kier molecular flexibility index (Phi) is 7.63.